The van der Waals surface area contributed by atoms with Gasteiger partial charge in [-0.3, -0.25) is 5.10 Å². The number of hydrogen-bond donors (Lipinski definition) is 2. The average Bonchev–Trinajstić information content (AvgIpc) is 2.85. The van der Waals surface area contributed by atoms with Crippen molar-refractivity contribution in [2.45, 2.75) is 6.92 Å². The molecule has 0 amide bonds. The van der Waals surface area contributed by atoms with Gasteiger partial charge in [0.05, 0.1) is 16.3 Å². The Morgan fingerprint density at radius 1 is 1.10 bits per heavy atom. The Morgan fingerprint density at radius 3 is 2.43 bits per heavy atom. The molecule has 0 radical (unpaired) electrons. The molecule has 3 N–H and O–H groups in total. The van der Waals surface area contributed by atoms with Gasteiger partial charge in [0.1, 0.15) is 0 Å². The monoisotopic (exact) mass is 409 g/mol. The molecular weight excluding hydrogens is 397 g/mol. The molecule has 0 aliphatic carbocycles. The second-order valence-corrected chi connectivity index (χ2v) is 6.42. The van der Waals surface area contributed by atoms with Gasteiger partial charge in [0, 0.05) is 9.13 Å². The number of nitrogens with two attached hydrogens (primary N) is 1. The lowest BCUT2D eigenvalue weighted by Gasteiger charge is -2.06. The van der Waals surface area contributed by atoms with E-state index in [1.807, 2.05) is 30.3 Å². The third-order valence-corrected chi connectivity index (χ3v) is 4.92. The third kappa shape index (κ3) is 2.78. The lowest BCUT2D eigenvalue weighted by Crippen LogP contribution is -1.89. The molecule has 1 aromatic heterocycles. The van der Waals surface area contributed by atoms with E-state index in [1.54, 1.807) is 0 Å². The summed E-state index contributed by atoms with van der Waals surface area (Å²) in [6, 6.07) is 14.1. The number of anilines is 1. The molecule has 3 rings (SSSR count). The number of nitrogen functional groups attached to an aromatic ring is 1. The Labute approximate surface area is 141 Å². The number of H-pyrrole nitrogens is 1. The maximum atomic E-state index is 6.22. The van der Waals surface area contributed by atoms with Crippen LogP contribution >= 0.6 is 34.2 Å². The summed E-state index contributed by atoms with van der Waals surface area (Å²) >= 11 is 8.42. The highest BCUT2D eigenvalue weighted by molar-refractivity contribution is 14.1. The minimum atomic E-state index is 0.489. The quantitative estimate of drug-likeness (QED) is 0.592. The first-order chi connectivity index (χ1) is 10.1. The fraction of sp³-hybridized carbons (Fsp3) is 0.0625. The fourth-order valence-electron chi connectivity index (χ4n) is 2.23. The number of aryl methyl sites for hydroxylation is 1. The first kappa shape index (κ1) is 14.4. The molecule has 0 atom stereocenters. The van der Waals surface area contributed by atoms with Crippen molar-refractivity contribution in [1.82, 2.24) is 10.2 Å². The summed E-state index contributed by atoms with van der Waals surface area (Å²) in [6.45, 7) is 2.06. The molecule has 0 fully saturated rings. The normalized spacial score (nSPS) is 10.8. The highest BCUT2D eigenvalue weighted by atomic mass is 127. The number of nitrogens with zero attached hydrogens (tertiary/aromatic N) is 1. The minimum absolute atomic E-state index is 0.489. The maximum absolute atomic E-state index is 6.22. The van der Waals surface area contributed by atoms with E-state index in [2.05, 4.69) is 51.8 Å². The van der Waals surface area contributed by atoms with E-state index in [1.165, 1.54) is 5.56 Å². The van der Waals surface area contributed by atoms with Crippen LogP contribution in [0.4, 0.5) is 5.82 Å². The van der Waals surface area contributed by atoms with Crippen molar-refractivity contribution >= 4 is 40.0 Å². The van der Waals surface area contributed by atoms with E-state index in [0.717, 1.165) is 31.0 Å². The summed E-state index contributed by atoms with van der Waals surface area (Å²) in [6.07, 6.45) is 0. The van der Waals surface area contributed by atoms with Gasteiger partial charge in [-0.25, -0.2) is 0 Å². The van der Waals surface area contributed by atoms with E-state index in [4.69, 9.17) is 17.3 Å². The van der Waals surface area contributed by atoms with Crippen LogP contribution in [-0.4, -0.2) is 10.2 Å². The third-order valence-electron chi connectivity index (χ3n) is 3.34. The summed E-state index contributed by atoms with van der Waals surface area (Å²) in [5.41, 5.74) is 11.1. The van der Waals surface area contributed by atoms with Crippen LogP contribution in [0.1, 0.15) is 5.56 Å². The topological polar surface area (TPSA) is 54.7 Å². The lowest BCUT2D eigenvalue weighted by atomic mass is 10.00. The van der Waals surface area contributed by atoms with Crippen LogP contribution in [0.25, 0.3) is 22.4 Å². The summed E-state index contributed by atoms with van der Waals surface area (Å²) < 4.78 is 1.02. The molecule has 3 aromatic rings. The zero-order chi connectivity index (χ0) is 15.0. The number of aromatic nitrogens is 2. The molecule has 5 heteroatoms. The molecule has 0 bridgehead atoms. The summed E-state index contributed by atoms with van der Waals surface area (Å²) in [4.78, 5) is 0. The molecule has 0 saturated heterocycles. The van der Waals surface area contributed by atoms with Crippen molar-refractivity contribution in [3.8, 4) is 22.4 Å². The van der Waals surface area contributed by atoms with Gasteiger partial charge in [-0.15, -0.1) is 0 Å². The van der Waals surface area contributed by atoms with Crippen LogP contribution in [0.3, 0.4) is 0 Å². The van der Waals surface area contributed by atoms with Gasteiger partial charge < -0.3 is 5.73 Å². The number of hydrogen-bond acceptors (Lipinski definition) is 2. The van der Waals surface area contributed by atoms with Crippen molar-refractivity contribution in [2.24, 2.45) is 0 Å². The largest absolute Gasteiger partial charge is 0.382 e. The van der Waals surface area contributed by atoms with Crippen LogP contribution in [0, 0.1) is 10.5 Å². The van der Waals surface area contributed by atoms with Gasteiger partial charge in [-0.05, 0) is 47.2 Å². The van der Waals surface area contributed by atoms with Crippen molar-refractivity contribution in [1.29, 1.82) is 0 Å². The van der Waals surface area contributed by atoms with Crippen LogP contribution in [-0.2, 0) is 0 Å². The van der Waals surface area contributed by atoms with Gasteiger partial charge in [0.15, 0.2) is 5.82 Å². The lowest BCUT2D eigenvalue weighted by molar-refractivity contribution is 1.10. The molecule has 21 heavy (non-hydrogen) atoms. The van der Waals surface area contributed by atoms with E-state index >= 15 is 0 Å². The Balaban J connectivity index is 2.16. The van der Waals surface area contributed by atoms with Gasteiger partial charge >= 0.3 is 0 Å². The molecule has 2 aromatic carbocycles. The van der Waals surface area contributed by atoms with E-state index in [0.29, 0.717) is 5.82 Å². The molecule has 3 nitrogen and oxygen atoms in total. The number of rotatable bonds is 2. The Morgan fingerprint density at radius 2 is 1.76 bits per heavy atom. The van der Waals surface area contributed by atoms with Gasteiger partial charge in [0.25, 0.3) is 0 Å². The van der Waals surface area contributed by atoms with Crippen LogP contribution in [0.5, 0.6) is 0 Å². The second-order valence-electron chi connectivity index (χ2n) is 4.85. The molecule has 0 aliphatic rings. The van der Waals surface area contributed by atoms with Crippen molar-refractivity contribution in [3.05, 3.63) is 56.6 Å². The smallest absolute Gasteiger partial charge is 0.153 e. The van der Waals surface area contributed by atoms with Crippen LogP contribution in [0.15, 0.2) is 42.5 Å². The molecule has 106 valence electrons. The summed E-state index contributed by atoms with van der Waals surface area (Å²) in [7, 11) is 0. The number of benzene rings is 2. The number of nitrogens with one attached hydrogen (secondary N) is 1. The molecular formula is C16H13ClIN3. The molecule has 1 heterocycles. The fourth-order valence-corrected chi connectivity index (χ4v) is 2.75. The molecule has 0 saturated carbocycles. The number of aromatic amines is 1. The van der Waals surface area contributed by atoms with Gasteiger partial charge in [0.2, 0.25) is 0 Å². The minimum Gasteiger partial charge on any atom is -0.382 e. The zero-order valence-corrected chi connectivity index (χ0v) is 14.2. The van der Waals surface area contributed by atoms with Crippen molar-refractivity contribution in [3.63, 3.8) is 0 Å². The maximum Gasteiger partial charge on any atom is 0.153 e. The predicted molar refractivity (Wildman–Crippen MR) is 96.3 cm³/mol. The molecule has 0 spiro atoms. The highest BCUT2D eigenvalue weighted by Gasteiger charge is 2.15. The van der Waals surface area contributed by atoms with Crippen molar-refractivity contribution in [2.75, 3.05) is 5.73 Å². The van der Waals surface area contributed by atoms with Crippen molar-refractivity contribution < 1.29 is 0 Å². The summed E-state index contributed by atoms with van der Waals surface area (Å²) in [5, 5.41) is 7.88. The Hall–Kier alpha value is -1.53. The van der Waals surface area contributed by atoms with Gasteiger partial charge in [-0.1, -0.05) is 47.5 Å². The van der Waals surface area contributed by atoms with Crippen LogP contribution < -0.4 is 5.73 Å². The predicted octanol–water partition coefficient (Wildman–Crippen LogP) is 4.89. The second kappa shape index (κ2) is 5.69. The average molecular weight is 410 g/mol. The standard InChI is InChI=1S/C16H13ClIN3/c1-9-2-4-10(5-3-9)14-15(20-21-16(14)19)11-6-7-13(18)12(17)8-11/h2-8H,1H3,(H3,19,20,21). The Bertz CT molecular complexity index is 794. The first-order valence-corrected chi connectivity index (χ1v) is 7.88. The first-order valence-electron chi connectivity index (χ1n) is 6.42. The van der Waals surface area contributed by atoms with E-state index < -0.39 is 0 Å². The SMILES string of the molecule is Cc1ccc(-c2c(N)n[nH]c2-c2ccc(I)c(Cl)c2)cc1. The summed E-state index contributed by atoms with van der Waals surface area (Å²) in [5.74, 6) is 0.489. The Kier molecular flexibility index (Phi) is 3.91. The molecule has 0 unspecified atom stereocenters. The van der Waals surface area contributed by atoms with Crippen LogP contribution in [0.2, 0.25) is 5.02 Å². The number of halogens is 2. The zero-order valence-electron chi connectivity index (χ0n) is 11.3. The highest BCUT2D eigenvalue weighted by Crippen LogP contribution is 2.36. The molecule has 0 aliphatic heterocycles. The van der Waals surface area contributed by atoms with E-state index in [9.17, 15) is 0 Å². The van der Waals surface area contributed by atoms with Gasteiger partial charge in [-0.2, -0.15) is 5.10 Å². The van der Waals surface area contributed by atoms with E-state index in [-0.39, 0.29) is 0 Å².